The highest BCUT2D eigenvalue weighted by Crippen LogP contribution is 2.42. The van der Waals surface area contributed by atoms with Crippen LogP contribution in [0.1, 0.15) is 25.7 Å². The maximum Gasteiger partial charge on any atom is 0.251 e. The summed E-state index contributed by atoms with van der Waals surface area (Å²) < 4.78 is 25.8. The summed E-state index contributed by atoms with van der Waals surface area (Å²) >= 11 is 0. The Kier molecular flexibility index (Phi) is 1.46. The normalized spacial score (nSPS) is 42.8. The monoisotopic (exact) mass is 161 g/mol. The molecule has 2 atom stereocenters. The van der Waals surface area contributed by atoms with Gasteiger partial charge in [0.1, 0.15) is 0 Å². The Morgan fingerprint density at radius 1 is 1.18 bits per heavy atom. The molecule has 2 heterocycles. The molecule has 2 rings (SSSR count). The van der Waals surface area contributed by atoms with Gasteiger partial charge in [0.2, 0.25) is 0 Å². The molecular weight excluding hydrogens is 148 g/mol. The van der Waals surface area contributed by atoms with Crippen molar-refractivity contribution in [1.29, 1.82) is 0 Å². The molecular formula is C8H13F2N. The first-order chi connectivity index (χ1) is 5.08. The molecule has 0 aromatic carbocycles. The number of fused-ring (bicyclic) bond motifs is 2. The summed E-state index contributed by atoms with van der Waals surface area (Å²) in [7, 11) is 1.97. The molecule has 2 bridgehead atoms. The van der Waals surface area contributed by atoms with Crippen LogP contribution in [0.5, 0.6) is 0 Å². The predicted molar refractivity (Wildman–Crippen MR) is 38.8 cm³/mol. The summed E-state index contributed by atoms with van der Waals surface area (Å²) in [5.74, 6) is -2.38. The van der Waals surface area contributed by atoms with E-state index in [1.165, 1.54) is 0 Å². The van der Waals surface area contributed by atoms with E-state index in [1.54, 1.807) is 0 Å². The Morgan fingerprint density at radius 3 is 2.09 bits per heavy atom. The van der Waals surface area contributed by atoms with E-state index in [0.29, 0.717) is 0 Å². The van der Waals surface area contributed by atoms with Gasteiger partial charge >= 0.3 is 0 Å². The molecule has 2 aliphatic heterocycles. The number of hydrogen-bond donors (Lipinski definition) is 0. The van der Waals surface area contributed by atoms with Gasteiger partial charge in [-0.05, 0) is 19.9 Å². The summed E-state index contributed by atoms with van der Waals surface area (Å²) in [6.45, 7) is 0. The lowest BCUT2D eigenvalue weighted by Gasteiger charge is -2.35. The van der Waals surface area contributed by atoms with Crippen molar-refractivity contribution in [3.05, 3.63) is 0 Å². The van der Waals surface area contributed by atoms with Crippen LogP contribution in [0.4, 0.5) is 8.78 Å². The second-order valence-electron chi connectivity index (χ2n) is 3.81. The van der Waals surface area contributed by atoms with Crippen molar-refractivity contribution in [2.75, 3.05) is 7.05 Å². The molecule has 0 spiro atoms. The van der Waals surface area contributed by atoms with E-state index in [0.717, 1.165) is 12.8 Å². The number of nitrogens with zero attached hydrogens (tertiary/aromatic N) is 1. The lowest BCUT2D eigenvalue weighted by Crippen LogP contribution is -2.44. The summed E-state index contributed by atoms with van der Waals surface area (Å²) in [4.78, 5) is 2.12. The molecule has 3 heteroatoms. The lowest BCUT2D eigenvalue weighted by molar-refractivity contribution is -0.0763. The lowest BCUT2D eigenvalue weighted by atomic mass is 10.00. The SMILES string of the molecule is CN1[C@@H]2CC[C@H]1CC(F)(F)C2. The van der Waals surface area contributed by atoms with Crippen molar-refractivity contribution < 1.29 is 8.78 Å². The van der Waals surface area contributed by atoms with Crippen molar-refractivity contribution in [3.8, 4) is 0 Å². The van der Waals surface area contributed by atoms with Gasteiger partial charge in [-0.2, -0.15) is 0 Å². The maximum atomic E-state index is 12.9. The van der Waals surface area contributed by atoms with E-state index in [9.17, 15) is 8.78 Å². The Labute approximate surface area is 65.4 Å². The third kappa shape index (κ3) is 1.15. The zero-order chi connectivity index (χ0) is 8.06. The first kappa shape index (κ1) is 7.47. The van der Waals surface area contributed by atoms with E-state index in [1.807, 2.05) is 7.05 Å². The summed E-state index contributed by atoms with van der Waals surface area (Å²) in [5, 5.41) is 0. The van der Waals surface area contributed by atoms with Gasteiger partial charge in [-0.3, -0.25) is 0 Å². The smallest absolute Gasteiger partial charge is 0.251 e. The summed E-state index contributed by atoms with van der Waals surface area (Å²) in [6.07, 6.45) is 2.10. The van der Waals surface area contributed by atoms with Crippen molar-refractivity contribution in [1.82, 2.24) is 4.90 Å². The highest BCUT2D eigenvalue weighted by atomic mass is 19.3. The molecule has 0 amide bonds. The van der Waals surface area contributed by atoms with Gasteiger partial charge in [-0.15, -0.1) is 0 Å². The number of rotatable bonds is 0. The molecule has 2 fully saturated rings. The van der Waals surface area contributed by atoms with Crippen LogP contribution >= 0.6 is 0 Å². The van der Waals surface area contributed by atoms with Gasteiger partial charge in [-0.25, -0.2) is 8.78 Å². The molecule has 0 radical (unpaired) electrons. The zero-order valence-corrected chi connectivity index (χ0v) is 6.69. The Hall–Kier alpha value is -0.180. The fourth-order valence-corrected chi connectivity index (χ4v) is 2.36. The van der Waals surface area contributed by atoms with Crippen LogP contribution in [0.25, 0.3) is 0 Å². The molecule has 0 unspecified atom stereocenters. The van der Waals surface area contributed by atoms with Gasteiger partial charge in [0.25, 0.3) is 5.92 Å². The van der Waals surface area contributed by atoms with Crippen molar-refractivity contribution in [2.45, 2.75) is 43.7 Å². The Morgan fingerprint density at radius 2 is 1.64 bits per heavy atom. The van der Waals surface area contributed by atoms with Crippen molar-refractivity contribution in [3.63, 3.8) is 0 Å². The fraction of sp³-hybridized carbons (Fsp3) is 1.00. The highest BCUT2D eigenvalue weighted by Gasteiger charge is 2.47. The van der Waals surface area contributed by atoms with E-state index >= 15 is 0 Å². The van der Waals surface area contributed by atoms with Crippen LogP contribution in [-0.2, 0) is 0 Å². The standard InChI is InChI=1S/C8H13F2N/c1-11-6-2-3-7(11)5-8(9,10)4-6/h6-7H,2-5H2,1H3/t6-,7+. The average Bonchev–Trinajstić information content (AvgIpc) is 2.19. The molecule has 2 aliphatic rings. The second kappa shape index (κ2) is 2.16. The van der Waals surface area contributed by atoms with Crippen LogP contribution in [0, 0.1) is 0 Å². The minimum absolute atomic E-state index is 0.0833. The topological polar surface area (TPSA) is 3.24 Å². The molecule has 0 aliphatic carbocycles. The van der Waals surface area contributed by atoms with E-state index < -0.39 is 5.92 Å². The molecule has 11 heavy (non-hydrogen) atoms. The van der Waals surface area contributed by atoms with Gasteiger partial charge in [0.05, 0.1) is 0 Å². The first-order valence-electron chi connectivity index (χ1n) is 4.18. The van der Waals surface area contributed by atoms with Crippen LogP contribution in [0.3, 0.4) is 0 Å². The predicted octanol–water partition coefficient (Wildman–Crippen LogP) is 1.88. The molecule has 0 aromatic heterocycles. The largest absolute Gasteiger partial charge is 0.300 e. The second-order valence-corrected chi connectivity index (χ2v) is 3.81. The third-order valence-electron chi connectivity index (χ3n) is 3.05. The average molecular weight is 161 g/mol. The molecule has 0 aromatic rings. The maximum absolute atomic E-state index is 12.9. The van der Waals surface area contributed by atoms with E-state index in [4.69, 9.17) is 0 Å². The van der Waals surface area contributed by atoms with Crippen LogP contribution in [0.15, 0.2) is 0 Å². The Balaban J connectivity index is 2.14. The number of hydrogen-bond acceptors (Lipinski definition) is 1. The van der Waals surface area contributed by atoms with Crippen molar-refractivity contribution >= 4 is 0 Å². The minimum Gasteiger partial charge on any atom is -0.300 e. The van der Waals surface area contributed by atoms with Gasteiger partial charge in [0.15, 0.2) is 0 Å². The fourth-order valence-electron chi connectivity index (χ4n) is 2.36. The van der Waals surface area contributed by atoms with Crippen LogP contribution in [0.2, 0.25) is 0 Å². The molecule has 0 saturated carbocycles. The summed E-state index contributed by atoms with van der Waals surface area (Å²) in [5.41, 5.74) is 0. The molecule has 1 nitrogen and oxygen atoms in total. The Bertz CT molecular complexity index is 153. The highest BCUT2D eigenvalue weighted by molar-refractivity contribution is 4.96. The van der Waals surface area contributed by atoms with Crippen LogP contribution < -0.4 is 0 Å². The van der Waals surface area contributed by atoms with Gasteiger partial charge < -0.3 is 4.90 Å². The van der Waals surface area contributed by atoms with Gasteiger partial charge in [0, 0.05) is 24.9 Å². The number of halogens is 2. The quantitative estimate of drug-likeness (QED) is 0.524. The molecule has 2 saturated heterocycles. The first-order valence-corrected chi connectivity index (χ1v) is 4.18. The van der Waals surface area contributed by atoms with Crippen LogP contribution in [-0.4, -0.2) is 30.0 Å². The minimum atomic E-state index is -2.38. The molecule has 64 valence electrons. The number of alkyl halides is 2. The van der Waals surface area contributed by atoms with E-state index in [2.05, 4.69) is 4.90 Å². The third-order valence-corrected chi connectivity index (χ3v) is 3.05. The summed E-state index contributed by atoms with van der Waals surface area (Å²) in [6, 6.07) is 0.312. The van der Waals surface area contributed by atoms with Gasteiger partial charge in [-0.1, -0.05) is 0 Å². The van der Waals surface area contributed by atoms with E-state index in [-0.39, 0.29) is 24.9 Å². The zero-order valence-electron chi connectivity index (χ0n) is 6.69. The number of piperidine rings is 1. The van der Waals surface area contributed by atoms with Crippen molar-refractivity contribution in [2.24, 2.45) is 0 Å². The molecule has 0 N–H and O–H groups in total.